The number of hydrogen-bond donors (Lipinski definition) is 3. The summed E-state index contributed by atoms with van der Waals surface area (Å²) in [5, 5.41) is 5.97. The first-order valence-electron chi connectivity index (χ1n) is 10.6. The minimum absolute atomic E-state index is 0.0239. The number of nitrogens with zero attached hydrogens (tertiary/aromatic N) is 1. The largest absolute Gasteiger partial charge is 0.367 e. The Kier molecular flexibility index (Phi) is 6.90. The number of anilines is 2. The Labute approximate surface area is 192 Å². The predicted octanol–water partition coefficient (Wildman–Crippen LogP) is 2.97. The summed E-state index contributed by atoms with van der Waals surface area (Å²) >= 11 is 0. The number of benzene rings is 3. The molecule has 7 nitrogen and oxygen atoms in total. The highest BCUT2D eigenvalue weighted by Gasteiger charge is 2.21. The van der Waals surface area contributed by atoms with E-state index in [2.05, 4.69) is 20.3 Å². The topological polar surface area (TPSA) is 90.5 Å². The summed E-state index contributed by atoms with van der Waals surface area (Å²) in [6.45, 7) is 2.99. The molecule has 1 fully saturated rings. The molecule has 172 valence electrons. The Bertz CT molecular complexity index is 1230. The van der Waals surface area contributed by atoms with Gasteiger partial charge in [-0.3, -0.25) is 9.52 Å². The molecule has 3 aromatic carbocycles. The van der Waals surface area contributed by atoms with Gasteiger partial charge in [-0.2, -0.15) is 0 Å². The molecule has 0 aromatic heterocycles. The maximum absolute atomic E-state index is 13.9. The van der Waals surface area contributed by atoms with E-state index < -0.39 is 21.7 Å². The minimum Gasteiger partial charge on any atom is -0.367 e. The molecular weight excluding hydrogens is 443 g/mol. The van der Waals surface area contributed by atoms with E-state index >= 15 is 0 Å². The molecule has 0 atom stereocenters. The van der Waals surface area contributed by atoms with Crippen molar-refractivity contribution in [3.05, 3.63) is 89.7 Å². The highest BCUT2D eigenvalue weighted by atomic mass is 32.2. The normalized spacial score (nSPS) is 14.0. The monoisotopic (exact) mass is 468 g/mol. The summed E-state index contributed by atoms with van der Waals surface area (Å²) in [4.78, 5) is 15.0. The van der Waals surface area contributed by atoms with E-state index in [1.807, 2.05) is 0 Å². The van der Waals surface area contributed by atoms with Crippen LogP contribution >= 0.6 is 0 Å². The third-order valence-corrected chi connectivity index (χ3v) is 6.79. The number of sulfonamides is 1. The van der Waals surface area contributed by atoms with E-state index in [0.29, 0.717) is 30.0 Å². The molecule has 4 rings (SSSR count). The van der Waals surface area contributed by atoms with E-state index in [0.717, 1.165) is 13.1 Å². The van der Waals surface area contributed by atoms with Crippen molar-refractivity contribution in [1.29, 1.82) is 0 Å². The zero-order valence-electron chi connectivity index (χ0n) is 17.9. The van der Waals surface area contributed by atoms with Crippen molar-refractivity contribution in [2.45, 2.75) is 11.4 Å². The van der Waals surface area contributed by atoms with Crippen LogP contribution in [-0.2, 0) is 16.6 Å². The third-order valence-electron chi connectivity index (χ3n) is 5.41. The number of amides is 1. The molecule has 1 aliphatic rings. The van der Waals surface area contributed by atoms with Gasteiger partial charge >= 0.3 is 0 Å². The Morgan fingerprint density at radius 3 is 2.39 bits per heavy atom. The molecule has 0 aliphatic carbocycles. The van der Waals surface area contributed by atoms with Crippen molar-refractivity contribution in [3.8, 4) is 0 Å². The van der Waals surface area contributed by atoms with Gasteiger partial charge < -0.3 is 15.5 Å². The fraction of sp³-hybridized carbons (Fsp3) is 0.208. The fourth-order valence-corrected chi connectivity index (χ4v) is 4.75. The highest BCUT2D eigenvalue weighted by Crippen LogP contribution is 2.30. The van der Waals surface area contributed by atoms with E-state index in [1.165, 1.54) is 24.3 Å². The lowest BCUT2D eigenvalue weighted by molar-refractivity contribution is 0.0950. The number of piperazine rings is 1. The van der Waals surface area contributed by atoms with Crippen molar-refractivity contribution in [3.63, 3.8) is 0 Å². The summed E-state index contributed by atoms with van der Waals surface area (Å²) in [6, 6.07) is 19.2. The first-order valence-corrected chi connectivity index (χ1v) is 12.1. The molecule has 3 N–H and O–H groups in total. The second-order valence-electron chi connectivity index (χ2n) is 7.66. The van der Waals surface area contributed by atoms with Crippen molar-refractivity contribution >= 4 is 27.3 Å². The molecule has 0 bridgehead atoms. The van der Waals surface area contributed by atoms with Crippen LogP contribution in [-0.4, -0.2) is 40.5 Å². The molecule has 1 saturated heterocycles. The zero-order chi connectivity index (χ0) is 23.3. The smallest absolute Gasteiger partial charge is 0.261 e. The van der Waals surface area contributed by atoms with Gasteiger partial charge in [-0.25, -0.2) is 12.8 Å². The standard InChI is InChI=1S/C24H25FN4O3S/c25-21-9-5-4-6-19(21)17-27-24(30)18-10-11-23(29-14-12-26-13-15-29)22(16-18)28-33(31,32)20-7-2-1-3-8-20/h1-11,16,26,28H,12-15,17H2,(H,27,30). The maximum Gasteiger partial charge on any atom is 0.261 e. The molecular formula is C24H25FN4O3S. The molecule has 0 spiro atoms. The fourth-order valence-electron chi connectivity index (χ4n) is 3.66. The van der Waals surface area contributed by atoms with Gasteiger partial charge in [0.1, 0.15) is 5.82 Å². The molecule has 0 saturated carbocycles. The first kappa shape index (κ1) is 22.8. The lowest BCUT2D eigenvalue weighted by Gasteiger charge is -2.31. The first-order chi connectivity index (χ1) is 15.9. The van der Waals surface area contributed by atoms with Crippen LogP contribution in [0.3, 0.4) is 0 Å². The third kappa shape index (κ3) is 5.50. The van der Waals surface area contributed by atoms with Crippen LogP contribution in [0.5, 0.6) is 0 Å². The van der Waals surface area contributed by atoms with E-state index in [1.54, 1.807) is 48.5 Å². The van der Waals surface area contributed by atoms with Gasteiger partial charge in [0.2, 0.25) is 0 Å². The maximum atomic E-state index is 13.9. The number of hydrogen-bond acceptors (Lipinski definition) is 5. The molecule has 1 amide bonds. The number of carbonyl (C=O) groups excluding carboxylic acids is 1. The quantitative estimate of drug-likeness (QED) is 0.496. The Morgan fingerprint density at radius 2 is 1.67 bits per heavy atom. The Hall–Kier alpha value is -3.43. The van der Waals surface area contributed by atoms with Crippen molar-refractivity contribution in [1.82, 2.24) is 10.6 Å². The highest BCUT2D eigenvalue weighted by molar-refractivity contribution is 7.92. The SMILES string of the molecule is O=C(NCc1ccccc1F)c1ccc(N2CCNCC2)c(NS(=O)(=O)c2ccccc2)c1. The lowest BCUT2D eigenvalue weighted by Crippen LogP contribution is -2.43. The van der Waals surface area contributed by atoms with Gasteiger partial charge in [0.25, 0.3) is 15.9 Å². The second kappa shape index (κ2) is 10.0. The van der Waals surface area contributed by atoms with Gasteiger partial charge in [-0.05, 0) is 36.4 Å². The van der Waals surface area contributed by atoms with Crippen molar-refractivity contribution < 1.29 is 17.6 Å². The molecule has 1 heterocycles. The number of rotatable bonds is 7. The number of carbonyl (C=O) groups is 1. The van der Waals surface area contributed by atoms with E-state index in [-0.39, 0.29) is 17.0 Å². The van der Waals surface area contributed by atoms with Gasteiger partial charge in [0.15, 0.2) is 0 Å². The van der Waals surface area contributed by atoms with Crippen LogP contribution < -0.4 is 20.3 Å². The molecule has 3 aromatic rings. The lowest BCUT2D eigenvalue weighted by atomic mass is 10.1. The zero-order valence-corrected chi connectivity index (χ0v) is 18.7. The minimum atomic E-state index is -3.85. The average molecular weight is 469 g/mol. The summed E-state index contributed by atoms with van der Waals surface area (Å²) in [7, 11) is -3.85. The van der Waals surface area contributed by atoms with Crippen molar-refractivity contribution in [2.24, 2.45) is 0 Å². The summed E-state index contributed by atoms with van der Waals surface area (Å²) in [6.07, 6.45) is 0. The Balaban J connectivity index is 1.61. The summed E-state index contributed by atoms with van der Waals surface area (Å²) in [5.74, 6) is -0.826. The van der Waals surface area contributed by atoms with Crippen LogP contribution in [0.15, 0.2) is 77.7 Å². The van der Waals surface area contributed by atoms with Gasteiger partial charge in [-0.15, -0.1) is 0 Å². The molecule has 9 heteroatoms. The predicted molar refractivity (Wildman–Crippen MR) is 126 cm³/mol. The molecule has 0 radical (unpaired) electrons. The van der Waals surface area contributed by atoms with Crippen LogP contribution in [0.1, 0.15) is 15.9 Å². The van der Waals surface area contributed by atoms with Gasteiger partial charge in [0.05, 0.1) is 16.3 Å². The molecule has 0 unspecified atom stereocenters. The van der Waals surface area contributed by atoms with E-state index in [9.17, 15) is 17.6 Å². The number of halogens is 1. The average Bonchev–Trinajstić information content (AvgIpc) is 2.84. The van der Waals surface area contributed by atoms with Crippen LogP contribution in [0.25, 0.3) is 0 Å². The molecule has 1 aliphatic heterocycles. The second-order valence-corrected chi connectivity index (χ2v) is 9.34. The van der Waals surface area contributed by atoms with Gasteiger partial charge in [0, 0.05) is 43.9 Å². The van der Waals surface area contributed by atoms with Crippen molar-refractivity contribution in [2.75, 3.05) is 35.8 Å². The van der Waals surface area contributed by atoms with Crippen LogP contribution in [0.4, 0.5) is 15.8 Å². The van der Waals surface area contributed by atoms with Gasteiger partial charge in [-0.1, -0.05) is 36.4 Å². The van der Waals surface area contributed by atoms with Crippen LogP contribution in [0.2, 0.25) is 0 Å². The van der Waals surface area contributed by atoms with E-state index in [4.69, 9.17) is 0 Å². The Morgan fingerprint density at radius 1 is 0.970 bits per heavy atom. The number of nitrogens with one attached hydrogen (secondary N) is 3. The molecule has 33 heavy (non-hydrogen) atoms. The van der Waals surface area contributed by atoms with Crippen LogP contribution in [0, 0.1) is 5.82 Å². The summed E-state index contributed by atoms with van der Waals surface area (Å²) in [5.41, 5.74) is 1.66. The summed E-state index contributed by atoms with van der Waals surface area (Å²) < 4.78 is 42.5.